The van der Waals surface area contributed by atoms with Gasteiger partial charge < -0.3 is 5.32 Å². The van der Waals surface area contributed by atoms with Crippen molar-refractivity contribution in [2.75, 3.05) is 0 Å². The smallest absolute Gasteiger partial charge is 0.346 e. The van der Waals surface area contributed by atoms with E-state index in [9.17, 15) is 26.7 Å². The number of pyridine rings is 1. The van der Waals surface area contributed by atoms with E-state index in [4.69, 9.17) is 0 Å². The van der Waals surface area contributed by atoms with Crippen LogP contribution in [0.5, 0.6) is 0 Å². The van der Waals surface area contributed by atoms with Gasteiger partial charge in [0.1, 0.15) is 18.5 Å². The standard InChI is InChI=1S/C30H29F5N4O/c1-18-7-2-3-8-22(18)23-10-6-12-36-28(23)25(15-19-13-20(31)16-21(32)14-19)37-27(40)17-39-26-11-5-4-9-24(26)29(38-39)30(33,34)35/h2-3,6-8,10,12-13,16,21,25H,4-5,9,11,14-15,17H2,1H3,(H,37,40)/t21?,25-/m0/s1. The van der Waals surface area contributed by atoms with Gasteiger partial charge in [-0.1, -0.05) is 35.9 Å². The summed E-state index contributed by atoms with van der Waals surface area (Å²) in [6.45, 7) is 1.52. The Morgan fingerprint density at radius 1 is 1.12 bits per heavy atom. The van der Waals surface area contributed by atoms with Crippen LogP contribution in [0.2, 0.25) is 0 Å². The fourth-order valence-electron chi connectivity index (χ4n) is 5.61. The molecule has 0 fully saturated rings. The lowest BCUT2D eigenvalue weighted by atomic mass is 9.90. The van der Waals surface area contributed by atoms with Gasteiger partial charge in [-0.25, -0.2) is 8.78 Å². The first-order chi connectivity index (χ1) is 19.1. The molecule has 1 N–H and O–H groups in total. The fourth-order valence-corrected chi connectivity index (χ4v) is 5.61. The molecule has 0 spiro atoms. The van der Waals surface area contributed by atoms with Gasteiger partial charge in [0.2, 0.25) is 5.91 Å². The van der Waals surface area contributed by atoms with Gasteiger partial charge in [0.15, 0.2) is 5.69 Å². The maximum absolute atomic E-state index is 14.2. The molecule has 2 heterocycles. The minimum atomic E-state index is -4.62. The third-order valence-corrected chi connectivity index (χ3v) is 7.36. The molecular weight excluding hydrogens is 527 g/mol. The van der Waals surface area contributed by atoms with E-state index in [2.05, 4.69) is 15.4 Å². The van der Waals surface area contributed by atoms with E-state index < -0.39 is 42.4 Å². The zero-order valence-corrected chi connectivity index (χ0v) is 21.9. The maximum atomic E-state index is 14.2. The topological polar surface area (TPSA) is 59.8 Å². The van der Waals surface area contributed by atoms with Gasteiger partial charge in [0, 0.05) is 29.4 Å². The normalized spacial score (nSPS) is 18.0. The summed E-state index contributed by atoms with van der Waals surface area (Å²) in [4.78, 5) is 17.9. The first-order valence-corrected chi connectivity index (χ1v) is 13.3. The van der Waals surface area contributed by atoms with E-state index in [0.29, 0.717) is 36.2 Å². The summed E-state index contributed by atoms with van der Waals surface area (Å²) in [5.41, 5.74) is 3.18. The number of nitrogens with one attached hydrogen (secondary N) is 1. The van der Waals surface area contributed by atoms with Crippen LogP contribution >= 0.6 is 0 Å². The van der Waals surface area contributed by atoms with Gasteiger partial charge in [-0.15, -0.1) is 0 Å². The molecule has 3 aromatic rings. The van der Waals surface area contributed by atoms with Crippen LogP contribution in [0.4, 0.5) is 22.0 Å². The zero-order valence-electron chi connectivity index (χ0n) is 21.9. The lowest BCUT2D eigenvalue weighted by molar-refractivity contribution is -0.142. The largest absolute Gasteiger partial charge is 0.435 e. The van der Waals surface area contributed by atoms with Crippen molar-refractivity contribution in [1.82, 2.24) is 20.1 Å². The molecule has 210 valence electrons. The molecule has 0 aliphatic heterocycles. The van der Waals surface area contributed by atoms with Crippen LogP contribution in [0.25, 0.3) is 11.1 Å². The predicted molar refractivity (Wildman–Crippen MR) is 141 cm³/mol. The number of nitrogens with zero attached hydrogens (tertiary/aromatic N) is 3. The molecule has 1 amide bonds. The highest BCUT2D eigenvalue weighted by molar-refractivity contribution is 5.77. The molecule has 0 saturated carbocycles. The van der Waals surface area contributed by atoms with Gasteiger partial charge in [-0.05, 0) is 68.4 Å². The molecule has 0 radical (unpaired) electrons. The Kier molecular flexibility index (Phi) is 7.87. The van der Waals surface area contributed by atoms with Crippen molar-refractivity contribution in [3.05, 3.63) is 94.4 Å². The van der Waals surface area contributed by atoms with Crippen molar-refractivity contribution in [1.29, 1.82) is 0 Å². The molecule has 2 aromatic heterocycles. The Morgan fingerprint density at radius 3 is 2.62 bits per heavy atom. The van der Waals surface area contributed by atoms with E-state index in [-0.39, 0.29) is 24.8 Å². The number of carbonyl (C=O) groups is 1. The number of carbonyl (C=O) groups excluding carboxylic acids is 1. The molecule has 2 aliphatic carbocycles. The minimum absolute atomic E-state index is 0.0338. The summed E-state index contributed by atoms with van der Waals surface area (Å²) in [5, 5.41) is 6.69. The molecule has 5 nitrogen and oxygen atoms in total. The van der Waals surface area contributed by atoms with Crippen LogP contribution in [-0.2, 0) is 30.4 Å². The third kappa shape index (κ3) is 6.00. The highest BCUT2D eigenvalue weighted by Gasteiger charge is 2.39. The van der Waals surface area contributed by atoms with Gasteiger partial charge in [0.05, 0.1) is 11.7 Å². The second kappa shape index (κ2) is 11.3. The molecule has 10 heteroatoms. The monoisotopic (exact) mass is 556 g/mol. The van der Waals surface area contributed by atoms with Gasteiger partial charge in [-0.2, -0.15) is 18.3 Å². The van der Waals surface area contributed by atoms with Crippen LogP contribution in [-0.4, -0.2) is 26.8 Å². The van der Waals surface area contributed by atoms with Gasteiger partial charge in [-0.3, -0.25) is 14.5 Å². The number of alkyl halides is 4. The van der Waals surface area contributed by atoms with E-state index in [0.717, 1.165) is 27.4 Å². The Balaban J connectivity index is 1.48. The summed E-state index contributed by atoms with van der Waals surface area (Å²) in [7, 11) is 0. The number of aromatic nitrogens is 3. The molecule has 2 atom stereocenters. The van der Waals surface area contributed by atoms with E-state index >= 15 is 0 Å². The Labute approximate surface area is 228 Å². The molecule has 1 aromatic carbocycles. The fraction of sp³-hybridized carbons (Fsp3) is 0.367. The molecular formula is C30H29F5N4O. The van der Waals surface area contributed by atoms with Crippen molar-refractivity contribution >= 4 is 5.91 Å². The number of hydrogen-bond donors (Lipinski definition) is 1. The van der Waals surface area contributed by atoms with E-state index in [1.165, 1.54) is 6.08 Å². The average Bonchev–Trinajstić information content (AvgIpc) is 3.27. The number of benzene rings is 1. The SMILES string of the molecule is Cc1ccccc1-c1cccnc1[C@H](CC1=CC(F)=CC(F)C1)NC(=O)Cn1nc(C(F)(F)F)c2c1CCCC2. The van der Waals surface area contributed by atoms with Crippen LogP contribution < -0.4 is 5.32 Å². The van der Waals surface area contributed by atoms with Crippen molar-refractivity contribution < 1.29 is 26.7 Å². The Hall–Kier alpha value is -3.82. The van der Waals surface area contributed by atoms with E-state index in [1.54, 1.807) is 12.3 Å². The highest BCUT2D eigenvalue weighted by Crippen LogP contribution is 2.37. The first-order valence-electron chi connectivity index (χ1n) is 13.3. The number of hydrogen-bond acceptors (Lipinski definition) is 3. The van der Waals surface area contributed by atoms with Crippen LogP contribution in [0.1, 0.15) is 59.9 Å². The van der Waals surface area contributed by atoms with Crippen molar-refractivity contribution in [2.45, 2.75) is 70.4 Å². The van der Waals surface area contributed by atoms with Crippen molar-refractivity contribution in [2.24, 2.45) is 0 Å². The quantitative estimate of drug-likeness (QED) is 0.322. The second-order valence-electron chi connectivity index (χ2n) is 10.3. The average molecular weight is 557 g/mol. The molecule has 1 unspecified atom stereocenters. The van der Waals surface area contributed by atoms with E-state index in [1.807, 2.05) is 37.3 Å². The summed E-state index contributed by atoms with van der Waals surface area (Å²) >= 11 is 0. The van der Waals surface area contributed by atoms with Crippen molar-refractivity contribution in [3.63, 3.8) is 0 Å². The lowest BCUT2D eigenvalue weighted by Gasteiger charge is -2.24. The van der Waals surface area contributed by atoms with Crippen LogP contribution in [0.3, 0.4) is 0 Å². The number of fused-ring (bicyclic) bond motifs is 1. The summed E-state index contributed by atoms with van der Waals surface area (Å²) in [5.74, 6) is -1.26. The summed E-state index contributed by atoms with van der Waals surface area (Å²) < 4.78 is 70.4. The molecule has 5 rings (SSSR count). The molecule has 0 bridgehead atoms. The molecule has 2 aliphatic rings. The van der Waals surface area contributed by atoms with Gasteiger partial charge >= 0.3 is 6.18 Å². The third-order valence-electron chi connectivity index (χ3n) is 7.36. The number of amides is 1. The number of aryl methyl sites for hydroxylation is 1. The van der Waals surface area contributed by atoms with Crippen molar-refractivity contribution in [3.8, 4) is 11.1 Å². The predicted octanol–water partition coefficient (Wildman–Crippen LogP) is 6.92. The second-order valence-corrected chi connectivity index (χ2v) is 10.3. The highest BCUT2D eigenvalue weighted by atomic mass is 19.4. The number of halogens is 5. The van der Waals surface area contributed by atoms with Crippen LogP contribution in [0, 0.1) is 6.92 Å². The van der Waals surface area contributed by atoms with Gasteiger partial charge in [0.25, 0.3) is 0 Å². The molecule has 0 saturated heterocycles. The Morgan fingerprint density at radius 2 is 1.88 bits per heavy atom. The summed E-state index contributed by atoms with van der Waals surface area (Å²) in [6.07, 6.45) is -0.322. The number of rotatable bonds is 7. The minimum Gasteiger partial charge on any atom is -0.346 e. The zero-order chi connectivity index (χ0) is 28.4. The van der Waals surface area contributed by atoms with Crippen LogP contribution in [0.15, 0.2) is 66.1 Å². The summed E-state index contributed by atoms with van der Waals surface area (Å²) in [6, 6.07) is 10.5. The maximum Gasteiger partial charge on any atom is 0.435 e. The molecule has 40 heavy (non-hydrogen) atoms. The lowest BCUT2D eigenvalue weighted by Crippen LogP contribution is -2.33. The Bertz CT molecular complexity index is 1470. The number of allylic oxidation sites excluding steroid dienone is 3. The first kappa shape index (κ1) is 27.7.